The predicted molar refractivity (Wildman–Crippen MR) is 64.2 cm³/mol. The van der Waals surface area contributed by atoms with Gasteiger partial charge in [0.05, 0.1) is 12.2 Å². The van der Waals surface area contributed by atoms with Crippen molar-refractivity contribution < 1.29 is 38.7 Å². The summed E-state index contributed by atoms with van der Waals surface area (Å²) in [4.78, 5) is 23.7. The van der Waals surface area contributed by atoms with Gasteiger partial charge in [0, 0.05) is 0 Å². The van der Waals surface area contributed by atoms with E-state index >= 15 is 0 Å². The van der Waals surface area contributed by atoms with E-state index in [0.717, 1.165) is 0 Å². The van der Waals surface area contributed by atoms with Crippen molar-refractivity contribution in [1.82, 2.24) is 0 Å². The summed E-state index contributed by atoms with van der Waals surface area (Å²) in [6.45, 7) is 6.48. The highest BCUT2D eigenvalue weighted by Crippen LogP contribution is 2.21. The second-order valence-corrected chi connectivity index (χ2v) is 4.87. The molecule has 1 aliphatic heterocycles. The van der Waals surface area contributed by atoms with Gasteiger partial charge in [0.15, 0.2) is 12.2 Å². The SMILES string of the molecule is CC(C)OC(=O)[C@@H]1O[C@@H](O)[C@H](O)O[C@H]1C(=O)OC(C)C. The van der Waals surface area contributed by atoms with Crippen LogP contribution in [0.15, 0.2) is 0 Å². The first kappa shape index (κ1) is 16.8. The molecule has 1 saturated heterocycles. The number of carbonyl (C=O) groups excluding carboxylic acids is 2. The van der Waals surface area contributed by atoms with Gasteiger partial charge in [-0.1, -0.05) is 0 Å². The van der Waals surface area contributed by atoms with Gasteiger partial charge in [0.25, 0.3) is 0 Å². The molecule has 0 aromatic carbocycles. The fourth-order valence-electron chi connectivity index (χ4n) is 1.53. The smallest absolute Gasteiger partial charge is 0.339 e. The molecule has 0 radical (unpaired) electrons. The van der Waals surface area contributed by atoms with Crippen LogP contribution in [0, 0.1) is 0 Å². The summed E-state index contributed by atoms with van der Waals surface area (Å²) < 4.78 is 19.6. The van der Waals surface area contributed by atoms with Crippen molar-refractivity contribution in [3.05, 3.63) is 0 Å². The fraction of sp³-hybridized carbons (Fsp3) is 0.833. The number of carbonyl (C=O) groups is 2. The van der Waals surface area contributed by atoms with E-state index in [1.54, 1.807) is 27.7 Å². The average Bonchev–Trinajstić information content (AvgIpc) is 2.30. The van der Waals surface area contributed by atoms with Crippen LogP contribution in [0.1, 0.15) is 27.7 Å². The second kappa shape index (κ2) is 6.98. The number of rotatable bonds is 4. The maximum atomic E-state index is 11.8. The molecule has 8 nitrogen and oxygen atoms in total. The zero-order valence-corrected chi connectivity index (χ0v) is 11.8. The standard InChI is InChI=1S/C12H20O8/c1-5(2)17-9(13)7-8(10(14)18-6(3)4)20-12(16)11(15)19-7/h5-8,11-12,15-16H,1-4H3/t7-,8-,11-,12-/m1/s1. The highest BCUT2D eigenvalue weighted by atomic mass is 16.7. The van der Waals surface area contributed by atoms with Gasteiger partial charge in [0.1, 0.15) is 0 Å². The molecule has 116 valence electrons. The summed E-state index contributed by atoms with van der Waals surface area (Å²) >= 11 is 0. The summed E-state index contributed by atoms with van der Waals surface area (Å²) in [5.74, 6) is -1.76. The van der Waals surface area contributed by atoms with Crippen molar-refractivity contribution >= 4 is 11.9 Å². The summed E-state index contributed by atoms with van der Waals surface area (Å²) in [5, 5.41) is 18.7. The van der Waals surface area contributed by atoms with Gasteiger partial charge in [-0.2, -0.15) is 0 Å². The monoisotopic (exact) mass is 292 g/mol. The predicted octanol–water partition coefficient (Wildman–Crippen LogP) is -0.690. The fourth-order valence-corrected chi connectivity index (χ4v) is 1.53. The van der Waals surface area contributed by atoms with Gasteiger partial charge in [-0.15, -0.1) is 0 Å². The van der Waals surface area contributed by atoms with E-state index in [1.165, 1.54) is 0 Å². The lowest BCUT2D eigenvalue weighted by Gasteiger charge is -2.35. The molecule has 20 heavy (non-hydrogen) atoms. The first-order valence-corrected chi connectivity index (χ1v) is 6.30. The second-order valence-electron chi connectivity index (χ2n) is 4.87. The molecule has 1 heterocycles. The Morgan fingerprint density at radius 1 is 0.850 bits per heavy atom. The third-order valence-electron chi connectivity index (χ3n) is 2.26. The molecule has 2 N–H and O–H groups in total. The topological polar surface area (TPSA) is 112 Å². The van der Waals surface area contributed by atoms with Crippen molar-refractivity contribution in [2.24, 2.45) is 0 Å². The molecule has 1 rings (SSSR count). The Kier molecular flexibility index (Phi) is 5.88. The van der Waals surface area contributed by atoms with Gasteiger partial charge in [-0.05, 0) is 27.7 Å². The molecule has 0 amide bonds. The minimum Gasteiger partial charge on any atom is -0.461 e. The molecule has 0 aliphatic carbocycles. The Labute approximate surface area is 116 Å². The minimum absolute atomic E-state index is 0.433. The molecule has 8 heteroatoms. The maximum Gasteiger partial charge on any atom is 0.339 e. The van der Waals surface area contributed by atoms with Crippen molar-refractivity contribution in [3.63, 3.8) is 0 Å². The number of hydrogen-bond donors (Lipinski definition) is 2. The molecule has 0 aromatic rings. The van der Waals surface area contributed by atoms with E-state index in [9.17, 15) is 19.8 Å². The van der Waals surface area contributed by atoms with Gasteiger partial charge in [0.2, 0.25) is 12.6 Å². The van der Waals surface area contributed by atoms with E-state index in [-0.39, 0.29) is 0 Å². The minimum atomic E-state index is -1.75. The van der Waals surface area contributed by atoms with Gasteiger partial charge in [-0.25, -0.2) is 9.59 Å². The van der Waals surface area contributed by atoms with Crippen LogP contribution in [0.25, 0.3) is 0 Å². The van der Waals surface area contributed by atoms with Crippen LogP contribution in [-0.2, 0) is 28.5 Å². The summed E-state index contributed by atoms with van der Waals surface area (Å²) in [5.41, 5.74) is 0. The lowest BCUT2D eigenvalue weighted by atomic mass is 10.1. The van der Waals surface area contributed by atoms with E-state index in [2.05, 4.69) is 0 Å². The van der Waals surface area contributed by atoms with Crippen LogP contribution in [0.2, 0.25) is 0 Å². The summed E-state index contributed by atoms with van der Waals surface area (Å²) in [7, 11) is 0. The molecule has 1 fully saturated rings. The maximum absolute atomic E-state index is 11.8. The van der Waals surface area contributed by atoms with Crippen LogP contribution >= 0.6 is 0 Å². The molecule has 0 unspecified atom stereocenters. The Hall–Kier alpha value is -1.22. The molecule has 0 saturated carbocycles. The Bertz CT molecular complexity index is 319. The first-order chi connectivity index (χ1) is 9.22. The van der Waals surface area contributed by atoms with Gasteiger partial charge >= 0.3 is 11.9 Å². The van der Waals surface area contributed by atoms with Crippen molar-refractivity contribution in [3.8, 4) is 0 Å². The molecular weight excluding hydrogens is 272 g/mol. The van der Waals surface area contributed by atoms with Gasteiger partial charge < -0.3 is 29.2 Å². The number of aliphatic hydroxyl groups is 2. The van der Waals surface area contributed by atoms with Gasteiger partial charge in [-0.3, -0.25) is 0 Å². The zero-order chi connectivity index (χ0) is 15.4. The lowest BCUT2D eigenvalue weighted by molar-refractivity contribution is -0.332. The molecule has 0 aromatic heterocycles. The molecule has 0 spiro atoms. The van der Waals surface area contributed by atoms with E-state index < -0.39 is 48.9 Å². The summed E-state index contributed by atoms with van der Waals surface area (Å²) in [6, 6.07) is 0. The molecule has 0 bridgehead atoms. The van der Waals surface area contributed by atoms with Crippen LogP contribution in [0.4, 0.5) is 0 Å². The number of hydrogen-bond acceptors (Lipinski definition) is 8. The van der Waals surface area contributed by atoms with Crippen LogP contribution in [0.3, 0.4) is 0 Å². The average molecular weight is 292 g/mol. The van der Waals surface area contributed by atoms with Crippen molar-refractivity contribution in [1.29, 1.82) is 0 Å². The third kappa shape index (κ3) is 4.41. The quantitative estimate of drug-likeness (QED) is 0.655. The third-order valence-corrected chi connectivity index (χ3v) is 2.26. The Morgan fingerprint density at radius 2 is 1.15 bits per heavy atom. The Balaban J connectivity index is 2.84. The highest BCUT2D eigenvalue weighted by molar-refractivity contribution is 5.86. The van der Waals surface area contributed by atoms with Crippen molar-refractivity contribution in [2.75, 3.05) is 0 Å². The van der Waals surface area contributed by atoms with E-state index in [0.29, 0.717) is 0 Å². The molecule has 1 aliphatic rings. The molecule has 4 atom stereocenters. The summed E-state index contributed by atoms with van der Waals surface area (Å²) in [6.07, 6.45) is -7.36. The number of esters is 2. The lowest BCUT2D eigenvalue weighted by Crippen LogP contribution is -2.56. The van der Waals surface area contributed by atoms with Crippen LogP contribution < -0.4 is 0 Å². The highest BCUT2D eigenvalue weighted by Gasteiger charge is 2.47. The number of ether oxygens (including phenoxy) is 4. The van der Waals surface area contributed by atoms with Crippen molar-refractivity contribution in [2.45, 2.75) is 64.7 Å². The number of aliphatic hydroxyl groups excluding tert-OH is 2. The largest absolute Gasteiger partial charge is 0.461 e. The first-order valence-electron chi connectivity index (χ1n) is 6.30. The van der Waals surface area contributed by atoms with E-state index in [4.69, 9.17) is 18.9 Å². The molecular formula is C12H20O8. The normalized spacial score (nSPS) is 30.4. The zero-order valence-electron chi connectivity index (χ0n) is 11.8. The Morgan fingerprint density at radius 3 is 1.40 bits per heavy atom. The van der Waals surface area contributed by atoms with E-state index in [1.807, 2.05) is 0 Å². The van der Waals surface area contributed by atoms with Crippen LogP contribution in [0.5, 0.6) is 0 Å². The van der Waals surface area contributed by atoms with Crippen LogP contribution in [-0.4, -0.2) is 59.1 Å².